The molecule has 1 heterocycles. The van der Waals surface area contributed by atoms with Crippen molar-refractivity contribution in [3.8, 4) is 5.75 Å². The Labute approximate surface area is 131 Å². The Hall–Kier alpha value is -1.79. The lowest BCUT2D eigenvalue weighted by Gasteiger charge is -2.09. The molecular formula is C13H13Cl2N5O. The number of nitrogens with zero attached hydrogens (tertiary/aromatic N) is 3. The van der Waals surface area contributed by atoms with Gasteiger partial charge in [-0.2, -0.15) is 15.0 Å². The number of anilines is 3. The summed E-state index contributed by atoms with van der Waals surface area (Å²) >= 11 is 12.0. The third-order valence-corrected chi connectivity index (χ3v) is 3.39. The van der Waals surface area contributed by atoms with Gasteiger partial charge in [-0.3, -0.25) is 0 Å². The molecule has 1 saturated carbocycles. The largest absolute Gasteiger partial charge is 0.495 e. The van der Waals surface area contributed by atoms with Gasteiger partial charge in [0.1, 0.15) is 5.75 Å². The lowest BCUT2D eigenvalue weighted by molar-refractivity contribution is 0.415. The molecule has 0 aliphatic heterocycles. The quantitative estimate of drug-likeness (QED) is 0.876. The van der Waals surface area contributed by atoms with Crippen molar-refractivity contribution in [3.63, 3.8) is 0 Å². The number of aromatic nitrogens is 3. The van der Waals surface area contributed by atoms with E-state index in [4.69, 9.17) is 27.9 Å². The van der Waals surface area contributed by atoms with Gasteiger partial charge >= 0.3 is 0 Å². The van der Waals surface area contributed by atoms with Crippen molar-refractivity contribution < 1.29 is 4.74 Å². The van der Waals surface area contributed by atoms with Crippen molar-refractivity contribution in [2.45, 2.75) is 18.9 Å². The van der Waals surface area contributed by atoms with Crippen LogP contribution in [-0.2, 0) is 0 Å². The van der Waals surface area contributed by atoms with Crippen LogP contribution in [0.4, 0.5) is 17.6 Å². The van der Waals surface area contributed by atoms with E-state index in [-0.39, 0.29) is 5.28 Å². The van der Waals surface area contributed by atoms with Gasteiger partial charge in [-0.05, 0) is 42.6 Å². The van der Waals surface area contributed by atoms with Gasteiger partial charge in [-0.1, -0.05) is 11.6 Å². The predicted molar refractivity (Wildman–Crippen MR) is 82.8 cm³/mol. The van der Waals surface area contributed by atoms with E-state index < -0.39 is 0 Å². The lowest BCUT2D eigenvalue weighted by atomic mass is 10.3. The van der Waals surface area contributed by atoms with E-state index in [1.807, 2.05) is 6.07 Å². The van der Waals surface area contributed by atoms with Crippen LogP contribution in [0.15, 0.2) is 18.2 Å². The number of rotatable bonds is 5. The van der Waals surface area contributed by atoms with E-state index in [2.05, 4.69) is 25.6 Å². The van der Waals surface area contributed by atoms with Crippen LogP contribution in [0.1, 0.15) is 12.8 Å². The fourth-order valence-corrected chi connectivity index (χ4v) is 2.17. The first-order chi connectivity index (χ1) is 10.1. The molecule has 1 aromatic carbocycles. The molecule has 2 N–H and O–H groups in total. The third-order valence-electron chi connectivity index (χ3n) is 2.93. The van der Waals surface area contributed by atoms with Crippen LogP contribution in [0.5, 0.6) is 5.75 Å². The maximum atomic E-state index is 6.08. The molecule has 0 bridgehead atoms. The number of methoxy groups -OCH3 is 1. The van der Waals surface area contributed by atoms with Crippen LogP contribution in [0.25, 0.3) is 0 Å². The third kappa shape index (κ3) is 3.65. The van der Waals surface area contributed by atoms with Crippen molar-refractivity contribution in [2.75, 3.05) is 17.7 Å². The molecule has 6 nitrogen and oxygen atoms in total. The molecule has 1 aliphatic rings. The maximum absolute atomic E-state index is 6.08. The SMILES string of the molecule is COc1ccc(Nc2nc(Cl)nc(NC3CC3)n2)cc1Cl. The van der Waals surface area contributed by atoms with Crippen LogP contribution in [0.2, 0.25) is 10.3 Å². The Balaban J connectivity index is 1.80. The van der Waals surface area contributed by atoms with E-state index in [0.29, 0.717) is 28.7 Å². The summed E-state index contributed by atoms with van der Waals surface area (Å²) in [6, 6.07) is 5.74. The summed E-state index contributed by atoms with van der Waals surface area (Å²) in [5, 5.41) is 6.86. The van der Waals surface area contributed by atoms with Crippen LogP contribution in [-0.4, -0.2) is 28.1 Å². The highest BCUT2D eigenvalue weighted by Gasteiger charge is 2.22. The summed E-state index contributed by atoms with van der Waals surface area (Å²) in [6.45, 7) is 0. The highest BCUT2D eigenvalue weighted by Crippen LogP contribution is 2.29. The summed E-state index contributed by atoms with van der Waals surface area (Å²) in [6.07, 6.45) is 2.25. The van der Waals surface area contributed by atoms with Crippen molar-refractivity contribution >= 4 is 40.8 Å². The molecule has 2 aromatic rings. The summed E-state index contributed by atoms with van der Waals surface area (Å²) in [5.74, 6) is 1.44. The Morgan fingerprint density at radius 2 is 1.90 bits per heavy atom. The van der Waals surface area contributed by atoms with Gasteiger partial charge in [0.05, 0.1) is 12.1 Å². The van der Waals surface area contributed by atoms with Crippen molar-refractivity contribution in [3.05, 3.63) is 28.5 Å². The van der Waals surface area contributed by atoms with E-state index >= 15 is 0 Å². The van der Waals surface area contributed by atoms with Crippen LogP contribution >= 0.6 is 23.2 Å². The predicted octanol–water partition coefficient (Wildman–Crippen LogP) is 3.50. The van der Waals surface area contributed by atoms with E-state index in [0.717, 1.165) is 18.5 Å². The minimum atomic E-state index is 0.134. The smallest absolute Gasteiger partial charge is 0.233 e. The zero-order valence-electron chi connectivity index (χ0n) is 11.2. The monoisotopic (exact) mass is 325 g/mol. The first kappa shape index (κ1) is 14.2. The van der Waals surface area contributed by atoms with Gasteiger partial charge < -0.3 is 15.4 Å². The molecule has 0 radical (unpaired) electrons. The highest BCUT2D eigenvalue weighted by atomic mass is 35.5. The normalized spacial score (nSPS) is 13.9. The molecule has 110 valence electrons. The van der Waals surface area contributed by atoms with Crippen LogP contribution in [0, 0.1) is 0 Å². The summed E-state index contributed by atoms with van der Waals surface area (Å²) < 4.78 is 5.11. The van der Waals surface area contributed by atoms with Gasteiger partial charge in [0.25, 0.3) is 0 Å². The minimum absolute atomic E-state index is 0.134. The second-order valence-corrected chi connectivity index (χ2v) is 5.39. The maximum Gasteiger partial charge on any atom is 0.233 e. The summed E-state index contributed by atoms with van der Waals surface area (Å²) in [5.41, 5.74) is 0.737. The topological polar surface area (TPSA) is 72.0 Å². The van der Waals surface area contributed by atoms with Crippen LogP contribution in [0.3, 0.4) is 0 Å². The van der Waals surface area contributed by atoms with E-state index in [1.165, 1.54) is 0 Å². The molecule has 1 aromatic heterocycles. The fourth-order valence-electron chi connectivity index (χ4n) is 1.75. The number of hydrogen-bond acceptors (Lipinski definition) is 6. The van der Waals surface area contributed by atoms with E-state index in [9.17, 15) is 0 Å². The summed E-state index contributed by atoms with van der Waals surface area (Å²) in [7, 11) is 1.57. The van der Waals surface area contributed by atoms with Crippen molar-refractivity contribution in [1.29, 1.82) is 0 Å². The highest BCUT2D eigenvalue weighted by molar-refractivity contribution is 6.32. The second kappa shape index (κ2) is 5.91. The number of ether oxygens (including phenoxy) is 1. The molecule has 1 fully saturated rings. The molecule has 0 amide bonds. The zero-order chi connectivity index (χ0) is 14.8. The fraction of sp³-hybridized carbons (Fsp3) is 0.308. The molecule has 1 aliphatic carbocycles. The zero-order valence-corrected chi connectivity index (χ0v) is 12.7. The number of benzene rings is 1. The molecule has 3 rings (SSSR count). The van der Waals surface area contributed by atoms with Gasteiger partial charge in [0, 0.05) is 11.7 Å². The van der Waals surface area contributed by atoms with Gasteiger partial charge in [-0.25, -0.2) is 0 Å². The first-order valence-electron chi connectivity index (χ1n) is 6.43. The number of nitrogens with one attached hydrogen (secondary N) is 2. The van der Waals surface area contributed by atoms with Crippen molar-refractivity contribution in [2.24, 2.45) is 0 Å². The Bertz CT molecular complexity index is 663. The first-order valence-corrected chi connectivity index (χ1v) is 7.18. The van der Waals surface area contributed by atoms with Crippen molar-refractivity contribution in [1.82, 2.24) is 15.0 Å². The molecule has 0 atom stereocenters. The molecule has 0 saturated heterocycles. The molecule has 8 heteroatoms. The van der Waals surface area contributed by atoms with Gasteiger partial charge in [-0.15, -0.1) is 0 Å². The average Bonchev–Trinajstić information content (AvgIpc) is 3.22. The Morgan fingerprint density at radius 3 is 2.57 bits per heavy atom. The van der Waals surface area contributed by atoms with Gasteiger partial charge in [0.15, 0.2) is 0 Å². The van der Waals surface area contributed by atoms with Gasteiger partial charge in [0.2, 0.25) is 17.2 Å². The molecular weight excluding hydrogens is 313 g/mol. The molecule has 0 unspecified atom stereocenters. The van der Waals surface area contributed by atoms with Crippen LogP contribution < -0.4 is 15.4 Å². The molecule has 0 spiro atoms. The molecule has 21 heavy (non-hydrogen) atoms. The Kier molecular flexibility index (Phi) is 3.98. The Morgan fingerprint density at radius 1 is 1.14 bits per heavy atom. The lowest BCUT2D eigenvalue weighted by Crippen LogP contribution is -2.08. The number of halogens is 2. The average molecular weight is 326 g/mol. The second-order valence-electron chi connectivity index (χ2n) is 4.64. The van der Waals surface area contributed by atoms with E-state index in [1.54, 1.807) is 19.2 Å². The minimum Gasteiger partial charge on any atom is -0.495 e. The number of hydrogen-bond donors (Lipinski definition) is 2. The standard InChI is InChI=1S/C13H13Cl2N5O/c1-21-10-5-4-8(6-9(10)14)17-13-19-11(15)18-12(20-13)16-7-2-3-7/h4-7H,2-3H2,1H3,(H2,16,17,18,19,20). The summed E-state index contributed by atoms with van der Waals surface area (Å²) in [4.78, 5) is 12.4.